The van der Waals surface area contributed by atoms with Gasteiger partial charge in [-0.3, -0.25) is 10.1 Å². The van der Waals surface area contributed by atoms with E-state index >= 15 is 0 Å². The molecule has 132 valence electrons. The van der Waals surface area contributed by atoms with Crippen LogP contribution in [-0.2, 0) is 4.79 Å². The van der Waals surface area contributed by atoms with Crippen molar-refractivity contribution in [2.24, 2.45) is 0 Å². The fourth-order valence-corrected chi connectivity index (χ4v) is 1.89. The molecule has 0 rings (SSSR count). The Bertz CT molecular complexity index is 485. The number of carbonyl (C=O) groups is 1. The molecule has 0 bridgehead atoms. The molecule has 0 aromatic heterocycles. The maximum Gasteiger partial charge on any atom is 0.246 e. The largest absolute Gasteiger partial charge is 0.303 e. The average molecular weight is 331 g/mol. The Hall–Kier alpha value is -2.23. The summed E-state index contributed by atoms with van der Waals surface area (Å²) in [5, 5.41) is 10.9. The van der Waals surface area contributed by atoms with E-state index in [0.29, 0.717) is 25.7 Å². The molecule has 0 spiro atoms. The van der Waals surface area contributed by atoms with E-state index in [0.717, 1.165) is 32.0 Å². The molecule has 0 aliphatic rings. The van der Waals surface area contributed by atoms with E-state index in [-0.39, 0.29) is 10.6 Å². The molecule has 4 heteroatoms. The molecule has 0 radical (unpaired) electrons. The molecule has 0 heterocycles. The van der Waals surface area contributed by atoms with Crippen LogP contribution in [0.3, 0.4) is 0 Å². The second kappa shape index (κ2) is 17.1. The van der Waals surface area contributed by atoms with Crippen LogP contribution in [0, 0.1) is 10.1 Å². The van der Waals surface area contributed by atoms with Gasteiger partial charge in [0, 0.05) is 6.42 Å². The van der Waals surface area contributed by atoms with Crippen LogP contribution in [0.5, 0.6) is 0 Å². The summed E-state index contributed by atoms with van der Waals surface area (Å²) < 4.78 is 0. The summed E-state index contributed by atoms with van der Waals surface area (Å²) in [4.78, 5) is 20.8. The Kier molecular flexibility index (Phi) is 15.5. The first-order valence-electron chi connectivity index (χ1n) is 8.59. The Balaban J connectivity index is 3.95. The van der Waals surface area contributed by atoms with Gasteiger partial charge in [-0.25, -0.2) is 0 Å². The van der Waals surface area contributed by atoms with Gasteiger partial charge in [-0.15, -0.1) is 0 Å². The lowest BCUT2D eigenvalue weighted by Gasteiger charge is -1.94. The number of carbonyl (C=O) groups excluding carboxylic acids is 1. The predicted molar refractivity (Wildman–Crippen MR) is 100 cm³/mol. The van der Waals surface area contributed by atoms with Crippen molar-refractivity contribution in [1.29, 1.82) is 0 Å². The zero-order valence-electron chi connectivity index (χ0n) is 14.6. The van der Waals surface area contributed by atoms with Crippen molar-refractivity contribution in [3.05, 3.63) is 70.5 Å². The molecule has 0 aromatic carbocycles. The van der Waals surface area contributed by atoms with Crippen molar-refractivity contribution in [3.8, 4) is 0 Å². The molecular weight excluding hydrogens is 302 g/mol. The van der Waals surface area contributed by atoms with Crippen molar-refractivity contribution in [1.82, 2.24) is 0 Å². The highest BCUT2D eigenvalue weighted by Gasteiger charge is 2.06. The fourth-order valence-electron chi connectivity index (χ4n) is 1.89. The van der Waals surface area contributed by atoms with Gasteiger partial charge in [0.2, 0.25) is 5.70 Å². The van der Waals surface area contributed by atoms with Crippen molar-refractivity contribution in [3.63, 3.8) is 0 Å². The number of hydrogen-bond donors (Lipinski definition) is 0. The molecule has 24 heavy (non-hydrogen) atoms. The lowest BCUT2D eigenvalue weighted by molar-refractivity contribution is -0.427. The number of rotatable bonds is 14. The second-order valence-corrected chi connectivity index (χ2v) is 5.26. The van der Waals surface area contributed by atoms with Crippen LogP contribution in [0.4, 0.5) is 0 Å². The van der Waals surface area contributed by atoms with E-state index < -0.39 is 0 Å². The molecule has 0 atom stereocenters. The molecule has 0 amide bonds. The molecule has 0 fully saturated rings. The SMILES string of the molecule is CC/C=C\C/C=C\C/C=C\C/C=C\C/C(=C\CCCC=O)[N+](=O)[O-]. The summed E-state index contributed by atoms with van der Waals surface area (Å²) in [6.45, 7) is 2.12. The number of allylic oxidation sites excluding steroid dienone is 9. The van der Waals surface area contributed by atoms with Gasteiger partial charge in [-0.2, -0.15) is 0 Å². The smallest absolute Gasteiger partial charge is 0.246 e. The average Bonchev–Trinajstić information content (AvgIpc) is 2.57. The van der Waals surface area contributed by atoms with Crippen molar-refractivity contribution < 1.29 is 9.72 Å². The standard InChI is InChI=1S/C20H29NO3/c1-2-3-4-5-6-7-8-9-10-11-12-14-17-20(21(23)24)18-15-13-16-19-22/h3-4,6-7,9-10,12,14,18-19H,2,5,8,11,13,15-17H2,1H3/b4-3-,7-6-,10-9-,14-12-,20-18+. The summed E-state index contributed by atoms with van der Waals surface area (Å²) in [5.41, 5.74) is 0.198. The van der Waals surface area contributed by atoms with E-state index in [4.69, 9.17) is 0 Å². The molecule has 0 aliphatic carbocycles. The second-order valence-electron chi connectivity index (χ2n) is 5.26. The van der Waals surface area contributed by atoms with E-state index in [2.05, 4.69) is 43.4 Å². The number of nitro groups is 1. The van der Waals surface area contributed by atoms with Crippen LogP contribution in [0.15, 0.2) is 60.4 Å². The third-order valence-corrected chi connectivity index (χ3v) is 3.19. The minimum atomic E-state index is -0.348. The lowest BCUT2D eigenvalue weighted by atomic mass is 10.2. The van der Waals surface area contributed by atoms with Crippen molar-refractivity contribution in [2.75, 3.05) is 0 Å². The van der Waals surface area contributed by atoms with E-state index in [1.54, 1.807) is 6.08 Å². The number of aldehydes is 1. The predicted octanol–water partition coefficient (Wildman–Crippen LogP) is 5.71. The van der Waals surface area contributed by atoms with Crippen molar-refractivity contribution in [2.45, 2.75) is 58.3 Å². The van der Waals surface area contributed by atoms with Crippen LogP contribution >= 0.6 is 0 Å². The Morgan fingerprint density at radius 1 is 0.875 bits per heavy atom. The zero-order valence-corrected chi connectivity index (χ0v) is 14.6. The maximum absolute atomic E-state index is 10.9. The minimum Gasteiger partial charge on any atom is -0.303 e. The van der Waals surface area contributed by atoms with Crippen LogP contribution in [0.2, 0.25) is 0 Å². The van der Waals surface area contributed by atoms with Gasteiger partial charge in [-0.05, 0) is 44.6 Å². The molecule has 0 saturated heterocycles. The first-order chi connectivity index (χ1) is 11.7. The quantitative estimate of drug-likeness (QED) is 0.135. The maximum atomic E-state index is 10.9. The summed E-state index contributed by atoms with van der Waals surface area (Å²) >= 11 is 0. The summed E-state index contributed by atoms with van der Waals surface area (Å²) in [5.74, 6) is 0. The first-order valence-corrected chi connectivity index (χ1v) is 8.59. The third-order valence-electron chi connectivity index (χ3n) is 3.19. The van der Waals surface area contributed by atoms with Gasteiger partial charge in [0.15, 0.2) is 0 Å². The summed E-state index contributed by atoms with van der Waals surface area (Å²) in [6.07, 6.45) is 24.7. The monoisotopic (exact) mass is 331 g/mol. The Labute approximate surface area is 145 Å². The van der Waals surface area contributed by atoms with E-state index in [1.165, 1.54) is 0 Å². The van der Waals surface area contributed by atoms with E-state index in [1.807, 2.05) is 12.2 Å². The highest BCUT2D eigenvalue weighted by molar-refractivity contribution is 5.49. The molecule has 0 N–H and O–H groups in total. The molecule has 0 unspecified atom stereocenters. The minimum absolute atomic E-state index is 0.198. The highest BCUT2D eigenvalue weighted by Crippen LogP contribution is 2.07. The first kappa shape index (κ1) is 21.8. The molecular formula is C20H29NO3. The van der Waals surface area contributed by atoms with Gasteiger partial charge < -0.3 is 4.79 Å². The zero-order chi connectivity index (χ0) is 17.9. The van der Waals surface area contributed by atoms with Crippen LogP contribution in [0.1, 0.15) is 58.3 Å². The van der Waals surface area contributed by atoms with Gasteiger partial charge in [-0.1, -0.05) is 55.5 Å². The Morgan fingerprint density at radius 2 is 1.42 bits per heavy atom. The van der Waals surface area contributed by atoms with Crippen LogP contribution < -0.4 is 0 Å². The van der Waals surface area contributed by atoms with Crippen LogP contribution in [-0.4, -0.2) is 11.2 Å². The van der Waals surface area contributed by atoms with E-state index in [9.17, 15) is 14.9 Å². The normalized spacial score (nSPS) is 13.0. The van der Waals surface area contributed by atoms with Crippen LogP contribution in [0.25, 0.3) is 0 Å². The molecule has 0 aliphatic heterocycles. The fraction of sp³-hybridized carbons (Fsp3) is 0.450. The topological polar surface area (TPSA) is 60.2 Å². The Morgan fingerprint density at radius 3 is 1.92 bits per heavy atom. The van der Waals surface area contributed by atoms with Gasteiger partial charge >= 0.3 is 0 Å². The molecule has 4 nitrogen and oxygen atoms in total. The number of hydrogen-bond acceptors (Lipinski definition) is 3. The number of nitrogens with zero attached hydrogens (tertiary/aromatic N) is 1. The van der Waals surface area contributed by atoms with Crippen molar-refractivity contribution >= 4 is 6.29 Å². The molecule has 0 aromatic rings. The number of unbranched alkanes of at least 4 members (excludes halogenated alkanes) is 2. The van der Waals surface area contributed by atoms with Gasteiger partial charge in [0.05, 0.1) is 11.3 Å². The molecule has 0 saturated carbocycles. The van der Waals surface area contributed by atoms with Gasteiger partial charge in [0.25, 0.3) is 0 Å². The lowest BCUT2D eigenvalue weighted by Crippen LogP contribution is -1.97. The highest BCUT2D eigenvalue weighted by atomic mass is 16.6. The third kappa shape index (κ3) is 14.7. The summed E-state index contributed by atoms with van der Waals surface area (Å²) in [6, 6.07) is 0. The summed E-state index contributed by atoms with van der Waals surface area (Å²) in [7, 11) is 0. The van der Waals surface area contributed by atoms with Gasteiger partial charge in [0.1, 0.15) is 6.29 Å².